The quantitative estimate of drug-likeness (QED) is 0.522. The van der Waals surface area contributed by atoms with Crippen LogP contribution in [0.1, 0.15) is 35.2 Å². The maximum absolute atomic E-state index is 8.88. The molecule has 0 radical (unpaired) electrons. The molecule has 0 spiro atoms. The Kier molecular flexibility index (Phi) is 4.38. The van der Waals surface area contributed by atoms with Crippen LogP contribution in [-0.4, -0.2) is 19.9 Å². The normalized spacial score (nSPS) is 16.4. The molecule has 4 N–H and O–H groups in total. The van der Waals surface area contributed by atoms with Crippen LogP contribution in [0.2, 0.25) is 0 Å². The number of nitrogen functional groups attached to an aromatic ring is 2. The molecular formula is C17H17N7S2. The summed E-state index contributed by atoms with van der Waals surface area (Å²) in [5.74, 6) is 2.58. The maximum atomic E-state index is 8.88. The Morgan fingerprint density at radius 2 is 2.15 bits per heavy atom. The Morgan fingerprint density at radius 1 is 1.31 bits per heavy atom. The highest BCUT2D eigenvalue weighted by atomic mass is 32.2. The first-order chi connectivity index (χ1) is 12.5. The summed E-state index contributed by atoms with van der Waals surface area (Å²) >= 11 is 3.11. The predicted molar refractivity (Wildman–Crippen MR) is 104 cm³/mol. The summed E-state index contributed by atoms with van der Waals surface area (Å²) in [6.07, 6.45) is 4.76. The van der Waals surface area contributed by atoms with E-state index in [0.29, 0.717) is 28.5 Å². The highest BCUT2D eigenvalue weighted by Gasteiger charge is 2.23. The van der Waals surface area contributed by atoms with E-state index in [9.17, 15) is 0 Å². The molecule has 1 aliphatic rings. The highest BCUT2D eigenvalue weighted by molar-refractivity contribution is 7.98. The van der Waals surface area contributed by atoms with Gasteiger partial charge in [0, 0.05) is 4.88 Å². The number of nitrogens with zero attached hydrogens (tertiary/aromatic N) is 5. The predicted octanol–water partition coefficient (Wildman–Crippen LogP) is 2.93. The Labute approximate surface area is 158 Å². The Hall–Kier alpha value is -2.44. The number of rotatable bonds is 3. The Balaban J connectivity index is 1.60. The van der Waals surface area contributed by atoms with Crippen molar-refractivity contribution in [2.24, 2.45) is 5.92 Å². The number of thiophene rings is 1. The van der Waals surface area contributed by atoms with Gasteiger partial charge in [0.25, 0.3) is 0 Å². The Bertz CT molecular complexity index is 1040. The first-order valence-electron chi connectivity index (χ1n) is 8.27. The standard InChI is InChI=1S/C17H17N7S2/c1-8-2-3-10-11(4-8)26-16-13(10)15(20)22-12(23-16)7-25-17-21-6-9(5-18)14(19)24-17/h6,8H,2-4,7H2,1H3,(H2,19,21,24)(H2,20,22,23). The van der Waals surface area contributed by atoms with E-state index in [1.165, 1.54) is 34.8 Å². The molecule has 9 heteroatoms. The van der Waals surface area contributed by atoms with Crippen LogP contribution in [0.25, 0.3) is 10.2 Å². The Morgan fingerprint density at radius 3 is 2.92 bits per heavy atom. The van der Waals surface area contributed by atoms with Crippen LogP contribution in [0.4, 0.5) is 11.6 Å². The number of thioether (sulfide) groups is 1. The summed E-state index contributed by atoms with van der Waals surface area (Å²) in [5, 5.41) is 10.4. The molecular weight excluding hydrogens is 366 g/mol. The fourth-order valence-corrected chi connectivity index (χ4v) is 5.23. The second-order valence-electron chi connectivity index (χ2n) is 6.41. The van der Waals surface area contributed by atoms with Gasteiger partial charge in [0.2, 0.25) is 0 Å². The van der Waals surface area contributed by atoms with Gasteiger partial charge in [-0.05, 0) is 30.7 Å². The van der Waals surface area contributed by atoms with Crippen LogP contribution in [-0.2, 0) is 18.6 Å². The zero-order valence-electron chi connectivity index (χ0n) is 14.2. The monoisotopic (exact) mass is 383 g/mol. The van der Waals surface area contributed by atoms with Gasteiger partial charge in [0.15, 0.2) is 5.16 Å². The van der Waals surface area contributed by atoms with Gasteiger partial charge in [-0.15, -0.1) is 11.3 Å². The smallest absolute Gasteiger partial charge is 0.189 e. The molecule has 0 aliphatic heterocycles. The van der Waals surface area contributed by atoms with Crippen molar-refractivity contribution in [1.82, 2.24) is 19.9 Å². The van der Waals surface area contributed by atoms with Crippen LogP contribution in [0.15, 0.2) is 11.4 Å². The molecule has 0 aromatic carbocycles. The van der Waals surface area contributed by atoms with Crippen molar-refractivity contribution in [2.45, 2.75) is 37.1 Å². The molecule has 0 bridgehead atoms. The minimum Gasteiger partial charge on any atom is -0.383 e. The van der Waals surface area contributed by atoms with Gasteiger partial charge in [-0.25, -0.2) is 19.9 Å². The van der Waals surface area contributed by atoms with Crippen molar-refractivity contribution >= 4 is 45.0 Å². The third-order valence-electron chi connectivity index (χ3n) is 4.48. The topological polar surface area (TPSA) is 127 Å². The van der Waals surface area contributed by atoms with Crippen molar-refractivity contribution in [3.8, 4) is 6.07 Å². The molecule has 26 heavy (non-hydrogen) atoms. The van der Waals surface area contributed by atoms with E-state index < -0.39 is 0 Å². The summed E-state index contributed by atoms with van der Waals surface area (Å²) in [7, 11) is 0. The third-order valence-corrected chi connectivity index (χ3v) is 6.48. The summed E-state index contributed by atoms with van der Waals surface area (Å²) in [6, 6.07) is 1.95. The lowest BCUT2D eigenvalue weighted by atomic mass is 9.89. The lowest BCUT2D eigenvalue weighted by Crippen LogP contribution is -2.09. The second kappa shape index (κ2) is 6.70. The number of fused-ring (bicyclic) bond motifs is 3. The molecule has 3 aromatic heterocycles. The second-order valence-corrected chi connectivity index (χ2v) is 8.44. The van der Waals surface area contributed by atoms with Crippen LogP contribution in [0.3, 0.4) is 0 Å². The molecule has 1 unspecified atom stereocenters. The molecule has 0 amide bonds. The van der Waals surface area contributed by atoms with E-state index >= 15 is 0 Å². The summed E-state index contributed by atoms with van der Waals surface area (Å²) in [6.45, 7) is 2.29. The summed E-state index contributed by atoms with van der Waals surface area (Å²) in [4.78, 5) is 19.8. The molecule has 3 aromatic rings. The third kappa shape index (κ3) is 3.06. The number of anilines is 2. The molecule has 4 rings (SSSR count). The van der Waals surface area contributed by atoms with E-state index in [4.69, 9.17) is 21.7 Å². The van der Waals surface area contributed by atoms with Crippen LogP contribution in [0.5, 0.6) is 0 Å². The van der Waals surface area contributed by atoms with Crippen LogP contribution >= 0.6 is 23.1 Å². The number of nitrogens with two attached hydrogens (primary N) is 2. The first-order valence-corrected chi connectivity index (χ1v) is 10.1. The van der Waals surface area contributed by atoms with Crippen molar-refractivity contribution in [2.75, 3.05) is 11.5 Å². The van der Waals surface area contributed by atoms with E-state index in [0.717, 1.165) is 23.1 Å². The average molecular weight is 384 g/mol. The van der Waals surface area contributed by atoms with E-state index in [-0.39, 0.29) is 11.4 Å². The van der Waals surface area contributed by atoms with Gasteiger partial charge < -0.3 is 11.5 Å². The number of nitriles is 1. The van der Waals surface area contributed by atoms with E-state index in [1.54, 1.807) is 11.3 Å². The minimum absolute atomic E-state index is 0.181. The molecule has 0 saturated carbocycles. The SMILES string of the molecule is CC1CCc2c(sc3nc(CSc4ncc(C#N)c(N)n4)nc(N)c23)C1. The fraction of sp³-hybridized carbons (Fsp3) is 0.353. The van der Waals surface area contributed by atoms with Gasteiger partial charge >= 0.3 is 0 Å². The van der Waals surface area contributed by atoms with Gasteiger partial charge in [-0.1, -0.05) is 18.7 Å². The maximum Gasteiger partial charge on any atom is 0.189 e. The molecule has 3 heterocycles. The van der Waals surface area contributed by atoms with Crippen molar-refractivity contribution < 1.29 is 0 Å². The van der Waals surface area contributed by atoms with Crippen LogP contribution < -0.4 is 11.5 Å². The van der Waals surface area contributed by atoms with E-state index in [2.05, 4.69) is 21.9 Å². The molecule has 0 fully saturated rings. The largest absolute Gasteiger partial charge is 0.383 e. The molecule has 1 atom stereocenters. The number of hydrogen-bond acceptors (Lipinski definition) is 9. The minimum atomic E-state index is 0.181. The summed E-state index contributed by atoms with van der Waals surface area (Å²) < 4.78 is 0. The zero-order valence-corrected chi connectivity index (χ0v) is 15.8. The van der Waals surface area contributed by atoms with Crippen molar-refractivity contribution in [1.29, 1.82) is 5.26 Å². The molecule has 132 valence electrons. The lowest BCUT2D eigenvalue weighted by Gasteiger charge is -2.17. The number of aromatic nitrogens is 4. The first kappa shape index (κ1) is 17.0. The molecule has 0 saturated heterocycles. The van der Waals surface area contributed by atoms with Gasteiger partial charge in [-0.3, -0.25) is 0 Å². The fourth-order valence-electron chi connectivity index (χ4n) is 3.14. The van der Waals surface area contributed by atoms with Gasteiger partial charge in [0.05, 0.1) is 17.3 Å². The van der Waals surface area contributed by atoms with Crippen molar-refractivity contribution in [3.05, 3.63) is 28.0 Å². The van der Waals surface area contributed by atoms with E-state index in [1.807, 2.05) is 6.07 Å². The number of aryl methyl sites for hydroxylation is 1. The molecule has 1 aliphatic carbocycles. The van der Waals surface area contributed by atoms with Crippen molar-refractivity contribution in [3.63, 3.8) is 0 Å². The molecule has 7 nitrogen and oxygen atoms in total. The average Bonchev–Trinajstić information content (AvgIpc) is 2.97. The summed E-state index contributed by atoms with van der Waals surface area (Å²) in [5.41, 5.74) is 13.6. The van der Waals surface area contributed by atoms with Crippen LogP contribution in [0, 0.1) is 17.2 Å². The number of hydrogen-bond donors (Lipinski definition) is 2. The lowest BCUT2D eigenvalue weighted by molar-refractivity contribution is 0.509. The van der Waals surface area contributed by atoms with Gasteiger partial charge in [-0.2, -0.15) is 5.26 Å². The van der Waals surface area contributed by atoms with Gasteiger partial charge in [0.1, 0.15) is 33.9 Å². The zero-order chi connectivity index (χ0) is 18.3. The highest BCUT2D eigenvalue weighted by Crippen LogP contribution is 2.39.